The van der Waals surface area contributed by atoms with E-state index in [0.717, 1.165) is 24.2 Å². The van der Waals surface area contributed by atoms with Gasteiger partial charge in [0.2, 0.25) is 5.95 Å². The molecule has 2 aliphatic rings. The van der Waals surface area contributed by atoms with Crippen LogP contribution in [0.1, 0.15) is 42.6 Å². The SMILES string of the molecule is Cc1nc(Nc2ncc(N3CCN(C(=O)O)C(C)C3)c(Nc3cc(C)n(C)n3)n2)cc(C2CC2)c1F. The molecule has 3 aromatic heterocycles. The summed E-state index contributed by atoms with van der Waals surface area (Å²) in [5.74, 6) is 1.96. The molecule has 5 rings (SSSR count). The van der Waals surface area contributed by atoms with Gasteiger partial charge in [0.05, 0.1) is 17.6 Å². The summed E-state index contributed by atoms with van der Waals surface area (Å²) in [7, 11) is 1.86. The number of amides is 1. The fourth-order valence-corrected chi connectivity index (χ4v) is 4.51. The Hall–Kier alpha value is -3.96. The molecule has 3 N–H and O–H groups in total. The molecule has 0 radical (unpaired) electrons. The number of hydrogen-bond acceptors (Lipinski definition) is 8. The molecule has 4 heterocycles. The molecule has 1 saturated carbocycles. The normalized spacial score (nSPS) is 17.9. The number of aryl methyl sites for hydroxylation is 3. The summed E-state index contributed by atoms with van der Waals surface area (Å²) in [4.78, 5) is 28.6. The van der Waals surface area contributed by atoms with Crippen LogP contribution in [-0.2, 0) is 7.05 Å². The van der Waals surface area contributed by atoms with E-state index in [1.54, 1.807) is 23.9 Å². The Balaban J connectivity index is 1.46. The molecule has 0 bridgehead atoms. The van der Waals surface area contributed by atoms with Gasteiger partial charge in [-0.2, -0.15) is 10.1 Å². The van der Waals surface area contributed by atoms with Crippen molar-refractivity contribution in [2.24, 2.45) is 7.05 Å². The predicted octanol–water partition coefficient (Wildman–Crippen LogP) is 3.91. The first kappa shape index (κ1) is 23.8. The number of nitrogens with one attached hydrogen (secondary N) is 2. The molecule has 2 fully saturated rings. The molecule has 190 valence electrons. The van der Waals surface area contributed by atoms with Crippen LogP contribution in [0.2, 0.25) is 0 Å². The lowest BCUT2D eigenvalue weighted by atomic mass is 10.1. The van der Waals surface area contributed by atoms with E-state index in [-0.39, 0.29) is 17.8 Å². The van der Waals surface area contributed by atoms with E-state index in [1.807, 2.05) is 27.0 Å². The monoisotopic (exact) mass is 495 g/mol. The van der Waals surface area contributed by atoms with E-state index < -0.39 is 6.09 Å². The first-order chi connectivity index (χ1) is 17.2. The van der Waals surface area contributed by atoms with Crippen molar-refractivity contribution >= 4 is 35.2 Å². The van der Waals surface area contributed by atoms with Crippen LogP contribution in [0.15, 0.2) is 18.3 Å². The second-order valence-corrected chi connectivity index (χ2v) is 9.51. The first-order valence-corrected chi connectivity index (χ1v) is 12.0. The van der Waals surface area contributed by atoms with Gasteiger partial charge in [-0.3, -0.25) is 4.68 Å². The molecule has 3 aromatic rings. The summed E-state index contributed by atoms with van der Waals surface area (Å²) in [6.07, 6.45) is 2.74. The number of rotatable bonds is 6. The standard InChI is InChI=1S/C24H30FN9O2/c1-13-9-20(31-32(13)4)28-22-18(33-7-8-34(24(35)36)14(2)12-33)11-26-23(30-22)29-19-10-17(16-5-6-16)21(25)15(3)27-19/h9-11,14,16H,5-8,12H2,1-4H3,(H,35,36)(H2,26,27,28,29,30,31). The summed E-state index contributed by atoms with van der Waals surface area (Å²) in [5.41, 5.74) is 2.73. The Labute approximate surface area is 208 Å². The lowest BCUT2D eigenvalue weighted by molar-refractivity contribution is 0.123. The summed E-state index contributed by atoms with van der Waals surface area (Å²) < 4.78 is 16.3. The average Bonchev–Trinajstić information content (AvgIpc) is 3.61. The van der Waals surface area contributed by atoms with Gasteiger partial charge in [-0.05, 0) is 51.2 Å². The summed E-state index contributed by atoms with van der Waals surface area (Å²) in [5, 5.41) is 20.3. The molecule has 0 aromatic carbocycles. The topological polar surface area (TPSA) is 124 Å². The number of pyridine rings is 1. The van der Waals surface area contributed by atoms with Crippen molar-refractivity contribution < 1.29 is 14.3 Å². The Bertz CT molecular complexity index is 1290. The van der Waals surface area contributed by atoms with Gasteiger partial charge < -0.3 is 25.5 Å². The van der Waals surface area contributed by atoms with Crippen LogP contribution < -0.4 is 15.5 Å². The zero-order valence-corrected chi connectivity index (χ0v) is 20.8. The van der Waals surface area contributed by atoms with Crippen LogP contribution in [0.4, 0.5) is 38.3 Å². The largest absolute Gasteiger partial charge is 0.465 e. The Morgan fingerprint density at radius 3 is 2.56 bits per heavy atom. The number of nitrogens with zero attached hydrogens (tertiary/aromatic N) is 7. The minimum atomic E-state index is -0.923. The van der Waals surface area contributed by atoms with Crippen molar-refractivity contribution in [3.63, 3.8) is 0 Å². The zero-order valence-electron chi connectivity index (χ0n) is 20.8. The van der Waals surface area contributed by atoms with Gasteiger partial charge in [0, 0.05) is 44.5 Å². The summed E-state index contributed by atoms with van der Waals surface area (Å²) in [6, 6.07) is 3.46. The number of aromatic nitrogens is 5. The lowest BCUT2D eigenvalue weighted by Gasteiger charge is -2.39. The van der Waals surface area contributed by atoms with Crippen molar-refractivity contribution in [3.05, 3.63) is 41.1 Å². The van der Waals surface area contributed by atoms with Gasteiger partial charge in [0.15, 0.2) is 11.6 Å². The number of halogens is 1. The molecule has 12 heteroatoms. The van der Waals surface area contributed by atoms with Crippen LogP contribution in [-0.4, -0.2) is 66.5 Å². The van der Waals surface area contributed by atoms with Crippen LogP contribution in [0, 0.1) is 19.7 Å². The zero-order chi connectivity index (χ0) is 25.6. The second-order valence-electron chi connectivity index (χ2n) is 9.51. The van der Waals surface area contributed by atoms with Gasteiger partial charge in [-0.1, -0.05) is 0 Å². The number of carbonyl (C=O) groups is 1. The fraction of sp³-hybridized carbons (Fsp3) is 0.458. The molecule has 0 spiro atoms. The Morgan fingerprint density at radius 2 is 1.92 bits per heavy atom. The van der Waals surface area contributed by atoms with Gasteiger partial charge in [-0.15, -0.1) is 0 Å². The Morgan fingerprint density at radius 1 is 1.14 bits per heavy atom. The maximum absolute atomic E-state index is 14.5. The third-order valence-corrected chi connectivity index (χ3v) is 6.75. The minimum absolute atomic E-state index is 0.189. The van der Waals surface area contributed by atoms with Gasteiger partial charge in [-0.25, -0.2) is 19.2 Å². The molecule has 1 amide bonds. The highest BCUT2D eigenvalue weighted by atomic mass is 19.1. The minimum Gasteiger partial charge on any atom is -0.465 e. The smallest absolute Gasteiger partial charge is 0.407 e. The average molecular weight is 496 g/mol. The maximum Gasteiger partial charge on any atom is 0.407 e. The van der Waals surface area contributed by atoms with E-state index in [0.29, 0.717) is 54.3 Å². The van der Waals surface area contributed by atoms with E-state index >= 15 is 0 Å². The van der Waals surface area contributed by atoms with Crippen molar-refractivity contribution in [1.29, 1.82) is 0 Å². The molecule has 1 aliphatic carbocycles. The molecule has 1 aliphatic heterocycles. The first-order valence-electron chi connectivity index (χ1n) is 12.0. The summed E-state index contributed by atoms with van der Waals surface area (Å²) in [6.45, 7) is 6.88. The Kier molecular flexibility index (Phi) is 6.10. The maximum atomic E-state index is 14.5. The molecule has 11 nitrogen and oxygen atoms in total. The van der Waals surface area contributed by atoms with Crippen LogP contribution >= 0.6 is 0 Å². The van der Waals surface area contributed by atoms with Gasteiger partial charge in [0.25, 0.3) is 0 Å². The predicted molar refractivity (Wildman–Crippen MR) is 134 cm³/mol. The van der Waals surface area contributed by atoms with E-state index in [4.69, 9.17) is 4.98 Å². The van der Waals surface area contributed by atoms with Gasteiger partial charge in [0.1, 0.15) is 11.6 Å². The summed E-state index contributed by atoms with van der Waals surface area (Å²) >= 11 is 0. The number of piperazine rings is 1. The number of anilines is 5. The highest BCUT2D eigenvalue weighted by molar-refractivity contribution is 5.73. The molecular formula is C24H30FN9O2. The fourth-order valence-electron chi connectivity index (χ4n) is 4.51. The molecular weight excluding hydrogens is 465 g/mol. The van der Waals surface area contributed by atoms with Crippen molar-refractivity contribution in [2.45, 2.75) is 45.6 Å². The molecule has 1 unspecified atom stereocenters. The highest BCUT2D eigenvalue weighted by Gasteiger charge is 2.30. The van der Waals surface area contributed by atoms with E-state index in [1.165, 1.54) is 4.90 Å². The van der Waals surface area contributed by atoms with Gasteiger partial charge >= 0.3 is 6.09 Å². The van der Waals surface area contributed by atoms with E-state index in [2.05, 4.69) is 30.6 Å². The van der Waals surface area contributed by atoms with Crippen molar-refractivity contribution in [2.75, 3.05) is 35.2 Å². The van der Waals surface area contributed by atoms with Crippen molar-refractivity contribution in [1.82, 2.24) is 29.6 Å². The quantitative estimate of drug-likeness (QED) is 0.467. The number of hydrogen-bond donors (Lipinski definition) is 3. The second kappa shape index (κ2) is 9.25. The van der Waals surface area contributed by atoms with Crippen LogP contribution in [0.3, 0.4) is 0 Å². The number of carboxylic acid groups (broad SMARTS) is 1. The van der Waals surface area contributed by atoms with Crippen LogP contribution in [0.5, 0.6) is 0 Å². The molecule has 1 atom stereocenters. The third kappa shape index (κ3) is 4.75. The highest BCUT2D eigenvalue weighted by Crippen LogP contribution is 2.42. The lowest BCUT2D eigenvalue weighted by Crippen LogP contribution is -2.53. The third-order valence-electron chi connectivity index (χ3n) is 6.75. The van der Waals surface area contributed by atoms with E-state index in [9.17, 15) is 14.3 Å². The molecule has 1 saturated heterocycles. The van der Waals surface area contributed by atoms with Crippen molar-refractivity contribution in [3.8, 4) is 0 Å². The molecule has 36 heavy (non-hydrogen) atoms. The van der Waals surface area contributed by atoms with Crippen LogP contribution in [0.25, 0.3) is 0 Å².